The fraction of sp³-hybridized carbons (Fsp3) is 0.857. The Hall–Kier alpha value is -1.30. The quantitative estimate of drug-likeness (QED) is 0.797. The van der Waals surface area contributed by atoms with Crippen LogP contribution in [0.3, 0.4) is 0 Å². The van der Waals surface area contributed by atoms with E-state index >= 15 is 0 Å². The van der Waals surface area contributed by atoms with Crippen LogP contribution in [0.4, 0.5) is 4.79 Å². The fourth-order valence-corrected chi connectivity index (χ4v) is 2.85. The van der Waals surface area contributed by atoms with Gasteiger partial charge in [-0.1, -0.05) is 0 Å². The molecule has 0 saturated carbocycles. The number of carbonyl (C=O) groups excluding carboxylic acids is 2. The molecule has 1 saturated heterocycles. The van der Waals surface area contributed by atoms with Gasteiger partial charge in [0, 0.05) is 19.2 Å². The summed E-state index contributed by atoms with van der Waals surface area (Å²) in [6.45, 7) is 8.41. The lowest BCUT2D eigenvalue weighted by Crippen LogP contribution is -2.55. The molecular formula is C14H27N3O3. The highest BCUT2D eigenvalue weighted by molar-refractivity contribution is 5.86. The standard InChI is InChI=1S/C14H27N3O3/c1-13(2,9-14(3,4)20-5)16-12(19)17-8-6-7-10(17)11(15)18/h10H,6-9H2,1-5H3,(H2,15,18)(H,16,19). The van der Waals surface area contributed by atoms with Crippen molar-refractivity contribution in [3.63, 3.8) is 0 Å². The first-order chi connectivity index (χ1) is 9.08. The van der Waals surface area contributed by atoms with Gasteiger partial charge in [0.1, 0.15) is 6.04 Å². The third kappa shape index (κ3) is 4.37. The van der Waals surface area contributed by atoms with Crippen LogP contribution < -0.4 is 11.1 Å². The van der Waals surface area contributed by atoms with Gasteiger partial charge < -0.3 is 20.7 Å². The van der Waals surface area contributed by atoms with Crippen molar-refractivity contribution in [2.45, 2.75) is 64.1 Å². The van der Waals surface area contributed by atoms with Gasteiger partial charge in [-0.2, -0.15) is 0 Å². The third-order valence-electron chi connectivity index (χ3n) is 3.71. The summed E-state index contributed by atoms with van der Waals surface area (Å²) in [5.74, 6) is -0.437. The third-order valence-corrected chi connectivity index (χ3v) is 3.71. The Morgan fingerprint density at radius 2 is 1.95 bits per heavy atom. The minimum atomic E-state index is -0.485. The van der Waals surface area contributed by atoms with E-state index < -0.39 is 17.5 Å². The highest BCUT2D eigenvalue weighted by Gasteiger charge is 2.36. The van der Waals surface area contributed by atoms with E-state index in [1.54, 1.807) is 7.11 Å². The Kier molecular flexibility index (Phi) is 5.02. The minimum absolute atomic E-state index is 0.233. The van der Waals surface area contributed by atoms with E-state index in [4.69, 9.17) is 10.5 Å². The molecule has 6 nitrogen and oxygen atoms in total. The van der Waals surface area contributed by atoms with Crippen molar-refractivity contribution in [1.29, 1.82) is 0 Å². The number of amides is 3. The summed E-state index contributed by atoms with van der Waals surface area (Å²) in [6, 6.07) is -0.718. The Morgan fingerprint density at radius 3 is 2.45 bits per heavy atom. The predicted octanol–water partition coefficient (Wildman–Crippen LogP) is 1.24. The largest absolute Gasteiger partial charge is 0.379 e. The van der Waals surface area contributed by atoms with Crippen molar-refractivity contribution in [1.82, 2.24) is 10.2 Å². The molecule has 0 bridgehead atoms. The van der Waals surface area contributed by atoms with Crippen molar-refractivity contribution < 1.29 is 14.3 Å². The molecule has 116 valence electrons. The summed E-state index contributed by atoms with van der Waals surface area (Å²) in [5.41, 5.74) is 4.57. The minimum Gasteiger partial charge on any atom is -0.379 e. The summed E-state index contributed by atoms with van der Waals surface area (Å²) in [4.78, 5) is 25.2. The number of ether oxygens (including phenoxy) is 1. The van der Waals surface area contributed by atoms with Crippen molar-refractivity contribution in [3.05, 3.63) is 0 Å². The predicted molar refractivity (Wildman–Crippen MR) is 77.2 cm³/mol. The molecule has 0 aliphatic carbocycles. The molecule has 0 spiro atoms. The van der Waals surface area contributed by atoms with Gasteiger partial charge in [-0.15, -0.1) is 0 Å². The highest BCUT2D eigenvalue weighted by atomic mass is 16.5. The zero-order chi connectivity index (χ0) is 15.6. The van der Waals surface area contributed by atoms with E-state index in [2.05, 4.69) is 5.32 Å². The fourth-order valence-electron chi connectivity index (χ4n) is 2.85. The lowest BCUT2D eigenvalue weighted by molar-refractivity contribution is -0.121. The number of hydrogen-bond acceptors (Lipinski definition) is 3. The molecule has 1 aliphatic heterocycles. The van der Waals surface area contributed by atoms with Gasteiger partial charge in [-0.3, -0.25) is 4.79 Å². The van der Waals surface area contributed by atoms with Gasteiger partial charge in [0.05, 0.1) is 5.60 Å². The Bertz CT molecular complexity index is 380. The molecule has 1 atom stereocenters. The molecule has 0 aromatic heterocycles. The number of urea groups is 1. The molecule has 3 amide bonds. The molecule has 1 fully saturated rings. The molecule has 1 heterocycles. The first-order valence-corrected chi connectivity index (χ1v) is 7.01. The average molecular weight is 285 g/mol. The molecule has 0 aromatic rings. The van der Waals surface area contributed by atoms with Crippen molar-refractivity contribution in [2.24, 2.45) is 5.73 Å². The highest BCUT2D eigenvalue weighted by Crippen LogP contribution is 2.24. The van der Waals surface area contributed by atoms with Gasteiger partial charge in [0.2, 0.25) is 5.91 Å². The van der Waals surface area contributed by atoms with Crippen LogP contribution in [0, 0.1) is 0 Å². The van der Waals surface area contributed by atoms with Gasteiger partial charge in [0.15, 0.2) is 0 Å². The first kappa shape index (κ1) is 16.8. The number of nitrogens with one attached hydrogen (secondary N) is 1. The normalized spacial score (nSPS) is 20.1. The van der Waals surface area contributed by atoms with Crippen LogP contribution in [0.5, 0.6) is 0 Å². The number of nitrogens with two attached hydrogens (primary N) is 1. The van der Waals surface area contributed by atoms with Gasteiger partial charge >= 0.3 is 6.03 Å². The number of methoxy groups -OCH3 is 1. The molecule has 0 radical (unpaired) electrons. The number of hydrogen-bond donors (Lipinski definition) is 2. The zero-order valence-corrected chi connectivity index (χ0v) is 13.2. The zero-order valence-electron chi connectivity index (χ0n) is 13.2. The maximum Gasteiger partial charge on any atom is 0.318 e. The van der Waals surface area contributed by atoms with Crippen LogP contribution in [0.25, 0.3) is 0 Å². The van der Waals surface area contributed by atoms with Crippen LogP contribution in [-0.4, -0.2) is 47.7 Å². The molecule has 3 N–H and O–H groups in total. The van der Waals surface area contributed by atoms with Gasteiger partial charge in [-0.25, -0.2) is 4.79 Å². The Balaban J connectivity index is 2.67. The monoisotopic (exact) mass is 285 g/mol. The first-order valence-electron chi connectivity index (χ1n) is 7.01. The second kappa shape index (κ2) is 5.99. The smallest absolute Gasteiger partial charge is 0.318 e. The average Bonchev–Trinajstić information content (AvgIpc) is 2.75. The summed E-state index contributed by atoms with van der Waals surface area (Å²) in [5, 5.41) is 2.97. The van der Waals surface area contributed by atoms with Crippen LogP contribution in [-0.2, 0) is 9.53 Å². The summed E-state index contributed by atoms with van der Waals surface area (Å²) >= 11 is 0. The Morgan fingerprint density at radius 1 is 1.35 bits per heavy atom. The van der Waals surface area contributed by atoms with Gasteiger partial charge in [0.25, 0.3) is 0 Å². The van der Waals surface area contributed by atoms with Crippen LogP contribution in [0.1, 0.15) is 47.0 Å². The molecule has 1 rings (SSSR count). The number of likely N-dealkylation sites (tertiary alicyclic amines) is 1. The number of nitrogens with zero attached hydrogens (tertiary/aromatic N) is 1. The lowest BCUT2D eigenvalue weighted by atomic mass is 9.89. The lowest BCUT2D eigenvalue weighted by Gasteiger charge is -2.36. The van der Waals surface area contributed by atoms with E-state index in [-0.39, 0.29) is 11.6 Å². The van der Waals surface area contributed by atoms with Crippen molar-refractivity contribution in [2.75, 3.05) is 13.7 Å². The molecule has 1 unspecified atom stereocenters. The van der Waals surface area contributed by atoms with Crippen molar-refractivity contribution in [3.8, 4) is 0 Å². The van der Waals surface area contributed by atoms with Crippen LogP contribution >= 0.6 is 0 Å². The molecule has 1 aliphatic rings. The molecule has 6 heteroatoms. The van der Waals surface area contributed by atoms with Crippen molar-refractivity contribution >= 4 is 11.9 Å². The summed E-state index contributed by atoms with van der Waals surface area (Å²) in [6.07, 6.45) is 2.12. The second-order valence-corrected chi connectivity index (χ2v) is 6.71. The molecular weight excluding hydrogens is 258 g/mol. The van der Waals surface area contributed by atoms with E-state index in [0.29, 0.717) is 19.4 Å². The van der Waals surface area contributed by atoms with E-state index in [1.165, 1.54) is 4.90 Å². The molecule has 20 heavy (non-hydrogen) atoms. The number of primary amides is 1. The Labute approximate surface area is 121 Å². The van der Waals surface area contributed by atoms with E-state index in [1.807, 2.05) is 27.7 Å². The topological polar surface area (TPSA) is 84.7 Å². The summed E-state index contributed by atoms with van der Waals surface area (Å²) < 4.78 is 5.40. The van der Waals surface area contributed by atoms with Crippen LogP contribution in [0.2, 0.25) is 0 Å². The maximum atomic E-state index is 12.3. The van der Waals surface area contributed by atoms with Gasteiger partial charge in [-0.05, 0) is 47.0 Å². The second-order valence-electron chi connectivity index (χ2n) is 6.71. The van der Waals surface area contributed by atoms with Crippen LogP contribution in [0.15, 0.2) is 0 Å². The summed E-state index contributed by atoms with van der Waals surface area (Å²) in [7, 11) is 1.65. The molecule has 0 aromatic carbocycles. The SMILES string of the molecule is COC(C)(C)CC(C)(C)NC(=O)N1CCCC1C(N)=O. The number of carbonyl (C=O) groups is 2. The van der Waals surface area contributed by atoms with E-state index in [0.717, 1.165) is 6.42 Å². The van der Waals surface area contributed by atoms with E-state index in [9.17, 15) is 9.59 Å². The maximum absolute atomic E-state index is 12.3. The number of rotatable bonds is 5.